The minimum absolute atomic E-state index is 0.0334. The minimum Gasteiger partial charge on any atom is -0.481 e. The van der Waals surface area contributed by atoms with Crippen LogP contribution in [0.2, 0.25) is 0 Å². The van der Waals surface area contributed by atoms with Crippen molar-refractivity contribution in [3.05, 3.63) is 29.8 Å². The van der Waals surface area contributed by atoms with Crippen molar-refractivity contribution in [2.75, 3.05) is 11.9 Å². The van der Waals surface area contributed by atoms with E-state index in [1.807, 2.05) is 38.1 Å². The van der Waals surface area contributed by atoms with Crippen molar-refractivity contribution in [1.29, 1.82) is 0 Å². The summed E-state index contributed by atoms with van der Waals surface area (Å²) >= 11 is 0. The molecular formula is C16H22N2O3. The average Bonchev–Trinajstić information content (AvgIpc) is 2.79. The second-order valence-corrected chi connectivity index (χ2v) is 6.19. The maximum atomic E-state index is 12.2. The van der Waals surface area contributed by atoms with E-state index < -0.39 is 11.5 Å². The Balaban J connectivity index is 1.89. The van der Waals surface area contributed by atoms with Crippen LogP contribution in [-0.2, 0) is 9.59 Å². The number of carbonyl (C=O) groups is 2. The van der Waals surface area contributed by atoms with Gasteiger partial charge in [0, 0.05) is 36.5 Å². The first kappa shape index (κ1) is 15.4. The van der Waals surface area contributed by atoms with Gasteiger partial charge in [0.05, 0.1) is 0 Å². The molecule has 1 aliphatic rings. The van der Waals surface area contributed by atoms with Crippen LogP contribution < -0.4 is 10.6 Å². The molecule has 0 aliphatic carbocycles. The zero-order valence-corrected chi connectivity index (χ0v) is 12.5. The molecule has 2 rings (SSSR count). The molecule has 5 nitrogen and oxygen atoms in total. The number of hydrogen-bond donors (Lipinski definition) is 3. The molecule has 1 aromatic carbocycles. The van der Waals surface area contributed by atoms with Crippen LogP contribution in [0.3, 0.4) is 0 Å². The fourth-order valence-electron chi connectivity index (χ4n) is 2.67. The van der Waals surface area contributed by atoms with Crippen molar-refractivity contribution in [1.82, 2.24) is 5.32 Å². The predicted molar refractivity (Wildman–Crippen MR) is 81.4 cm³/mol. The fourth-order valence-corrected chi connectivity index (χ4v) is 2.67. The van der Waals surface area contributed by atoms with E-state index in [0.717, 1.165) is 12.2 Å². The molecule has 114 valence electrons. The van der Waals surface area contributed by atoms with E-state index in [-0.39, 0.29) is 18.2 Å². The van der Waals surface area contributed by atoms with Crippen molar-refractivity contribution >= 4 is 17.6 Å². The van der Waals surface area contributed by atoms with Crippen molar-refractivity contribution in [3.63, 3.8) is 0 Å². The number of carboxylic acid groups (broad SMARTS) is 1. The van der Waals surface area contributed by atoms with Crippen LogP contribution in [0.25, 0.3) is 0 Å². The van der Waals surface area contributed by atoms with Crippen molar-refractivity contribution < 1.29 is 14.7 Å². The second kappa shape index (κ2) is 6.16. The molecule has 1 unspecified atom stereocenters. The summed E-state index contributed by atoms with van der Waals surface area (Å²) in [4.78, 5) is 22.8. The number of anilines is 1. The third-order valence-corrected chi connectivity index (χ3v) is 3.81. The van der Waals surface area contributed by atoms with Crippen molar-refractivity contribution in [3.8, 4) is 0 Å². The first-order valence-corrected chi connectivity index (χ1v) is 7.23. The summed E-state index contributed by atoms with van der Waals surface area (Å²) in [7, 11) is 0. The Bertz CT molecular complexity index is 540. The molecule has 0 saturated heterocycles. The molecule has 0 saturated carbocycles. The lowest BCUT2D eigenvalue weighted by Crippen LogP contribution is -2.44. The Labute approximate surface area is 124 Å². The van der Waals surface area contributed by atoms with E-state index >= 15 is 0 Å². The summed E-state index contributed by atoms with van der Waals surface area (Å²) in [6.45, 7) is 4.48. The van der Waals surface area contributed by atoms with Gasteiger partial charge in [-0.1, -0.05) is 18.2 Å². The van der Waals surface area contributed by atoms with E-state index in [0.29, 0.717) is 12.8 Å². The van der Waals surface area contributed by atoms with Gasteiger partial charge in [-0.25, -0.2) is 0 Å². The number of rotatable bonds is 6. The summed E-state index contributed by atoms with van der Waals surface area (Å²) in [5.41, 5.74) is 1.78. The molecule has 0 bridgehead atoms. The number of aliphatic carboxylic acids is 1. The van der Waals surface area contributed by atoms with Gasteiger partial charge in [0.15, 0.2) is 0 Å². The molecule has 1 atom stereocenters. The lowest BCUT2D eigenvalue weighted by molar-refractivity contribution is -0.137. The van der Waals surface area contributed by atoms with Gasteiger partial charge < -0.3 is 15.7 Å². The lowest BCUT2D eigenvalue weighted by Gasteiger charge is -2.26. The zero-order valence-electron chi connectivity index (χ0n) is 12.5. The molecule has 1 heterocycles. The van der Waals surface area contributed by atoms with E-state index in [2.05, 4.69) is 10.6 Å². The highest BCUT2D eigenvalue weighted by Crippen LogP contribution is 2.33. The molecule has 0 spiro atoms. The van der Waals surface area contributed by atoms with Crippen LogP contribution in [0.5, 0.6) is 0 Å². The molecule has 0 radical (unpaired) electrons. The Morgan fingerprint density at radius 1 is 1.38 bits per heavy atom. The van der Waals surface area contributed by atoms with Crippen LogP contribution in [0.1, 0.15) is 44.6 Å². The molecule has 1 amide bonds. The number of amides is 1. The average molecular weight is 290 g/mol. The van der Waals surface area contributed by atoms with Crippen LogP contribution >= 0.6 is 0 Å². The molecule has 1 aliphatic heterocycles. The number of nitrogens with one attached hydrogen (secondary N) is 2. The molecular weight excluding hydrogens is 268 g/mol. The largest absolute Gasteiger partial charge is 0.481 e. The third-order valence-electron chi connectivity index (χ3n) is 3.81. The highest BCUT2D eigenvalue weighted by molar-refractivity contribution is 5.79. The second-order valence-electron chi connectivity index (χ2n) is 6.19. The van der Waals surface area contributed by atoms with E-state index in [1.54, 1.807) is 0 Å². The maximum absolute atomic E-state index is 12.2. The number of carbonyl (C=O) groups excluding carboxylic acids is 1. The summed E-state index contributed by atoms with van der Waals surface area (Å²) < 4.78 is 0. The van der Waals surface area contributed by atoms with Crippen molar-refractivity contribution in [2.24, 2.45) is 0 Å². The van der Waals surface area contributed by atoms with E-state index in [1.165, 1.54) is 5.56 Å². The smallest absolute Gasteiger partial charge is 0.303 e. The first-order valence-electron chi connectivity index (χ1n) is 7.23. The van der Waals surface area contributed by atoms with E-state index in [4.69, 9.17) is 5.11 Å². The molecule has 3 N–H and O–H groups in total. The van der Waals surface area contributed by atoms with Gasteiger partial charge in [-0.2, -0.15) is 0 Å². The molecule has 0 fully saturated rings. The first-order chi connectivity index (χ1) is 9.87. The van der Waals surface area contributed by atoms with Gasteiger partial charge >= 0.3 is 5.97 Å². The number of para-hydroxylation sites is 1. The topological polar surface area (TPSA) is 78.4 Å². The van der Waals surface area contributed by atoms with Crippen molar-refractivity contribution in [2.45, 2.75) is 44.6 Å². The number of carboxylic acids is 1. The summed E-state index contributed by atoms with van der Waals surface area (Å²) in [5.74, 6) is -0.698. The fraction of sp³-hybridized carbons (Fsp3) is 0.500. The molecule has 21 heavy (non-hydrogen) atoms. The minimum atomic E-state index is -0.841. The van der Waals surface area contributed by atoms with Crippen LogP contribution in [0.4, 0.5) is 5.69 Å². The number of hydrogen-bond acceptors (Lipinski definition) is 3. The highest BCUT2D eigenvalue weighted by atomic mass is 16.4. The lowest BCUT2D eigenvalue weighted by atomic mass is 9.95. The highest BCUT2D eigenvalue weighted by Gasteiger charge is 2.27. The van der Waals surface area contributed by atoms with E-state index in [9.17, 15) is 9.59 Å². The van der Waals surface area contributed by atoms with Crippen LogP contribution in [0, 0.1) is 0 Å². The quantitative estimate of drug-likeness (QED) is 0.751. The van der Waals surface area contributed by atoms with Gasteiger partial charge in [-0.15, -0.1) is 0 Å². The summed E-state index contributed by atoms with van der Waals surface area (Å²) in [6, 6.07) is 8.02. The number of fused-ring (bicyclic) bond motifs is 1. The van der Waals surface area contributed by atoms with Gasteiger partial charge in [-0.05, 0) is 31.9 Å². The Hall–Kier alpha value is -2.04. The Morgan fingerprint density at radius 2 is 2.10 bits per heavy atom. The Kier molecular flexibility index (Phi) is 4.50. The standard InChI is InChI=1S/C16H22N2O3/c1-16(2,8-7-15(20)21)18-14(19)9-11-10-17-13-6-4-3-5-12(11)13/h3-6,11,17H,7-10H2,1-2H3,(H,18,19)(H,20,21). The molecule has 0 aromatic heterocycles. The summed E-state index contributed by atoms with van der Waals surface area (Å²) in [5, 5.41) is 15.0. The monoisotopic (exact) mass is 290 g/mol. The number of benzene rings is 1. The maximum Gasteiger partial charge on any atom is 0.303 e. The summed E-state index contributed by atoms with van der Waals surface area (Å²) in [6.07, 6.45) is 0.898. The van der Waals surface area contributed by atoms with Gasteiger partial charge in [0.2, 0.25) is 5.91 Å². The molecule has 5 heteroatoms. The van der Waals surface area contributed by atoms with Crippen LogP contribution in [0.15, 0.2) is 24.3 Å². The predicted octanol–water partition coefficient (Wildman–Crippen LogP) is 2.35. The van der Waals surface area contributed by atoms with Gasteiger partial charge in [0.1, 0.15) is 0 Å². The zero-order chi connectivity index (χ0) is 15.5. The van der Waals surface area contributed by atoms with Gasteiger partial charge in [-0.3, -0.25) is 9.59 Å². The van der Waals surface area contributed by atoms with Gasteiger partial charge in [0.25, 0.3) is 0 Å². The normalized spacial score (nSPS) is 17.0. The SMILES string of the molecule is CC(C)(CCC(=O)O)NC(=O)CC1CNc2ccccc21. The third kappa shape index (κ3) is 4.21. The Morgan fingerprint density at radius 3 is 2.81 bits per heavy atom. The van der Waals surface area contributed by atoms with Crippen LogP contribution in [-0.4, -0.2) is 29.1 Å². The molecule has 1 aromatic rings.